The Morgan fingerprint density at radius 2 is 1.64 bits per heavy atom. The molecule has 14 heavy (non-hydrogen) atoms. The van der Waals surface area contributed by atoms with Crippen LogP contribution in [0, 0.1) is 0 Å². The van der Waals surface area contributed by atoms with Crippen molar-refractivity contribution < 1.29 is 4.74 Å². The molecule has 1 aliphatic heterocycles. The van der Waals surface area contributed by atoms with E-state index in [2.05, 4.69) is 21.8 Å². The molecular weight excluding hydrogens is 198 g/mol. The maximum Gasteiger partial charge on any atom is 0.157 e. The molecule has 0 aromatic heterocycles. The van der Waals surface area contributed by atoms with Gasteiger partial charge in [0.15, 0.2) is 5.56 Å². The number of halogens is 1. The van der Waals surface area contributed by atoms with Crippen LogP contribution in [0.3, 0.4) is 0 Å². The fourth-order valence-corrected chi connectivity index (χ4v) is 1.05. The molecule has 0 spiro atoms. The van der Waals surface area contributed by atoms with Gasteiger partial charge in [-0.2, -0.15) is 0 Å². The van der Waals surface area contributed by atoms with Crippen LogP contribution in [-0.4, -0.2) is 25.8 Å². The Hall–Kier alpha value is -0.730. The molecule has 1 heterocycles. The normalized spacial score (nSPS) is 23.4. The average molecular weight is 214 g/mol. The molecule has 1 saturated heterocycles. The van der Waals surface area contributed by atoms with E-state index in [4.69, 9.17) is 11.6 Å². The zero-order valence-corrected chi connectivity index (χ0v) is 9.53. The van der Waals surface area contributed by atoms with Gasteiger partial charge in [0.25, 0.3) is 0 Å². The summed E-state index contributed by atoms with van der Waals surface area (Å²) in [6.45, 7) is 1.94. The van der Waals surface area contributed by atoms with Crippen LogP contribution >= 0.6 is 11.6 Å². The molecule has 78 valence electrons. The first kappa shape index (κ1) is 11.3. The van der Waals surface area contributed by atoms with E-state index in [0.29, 0.717) is 6.10 Å². The maximum absolute atomic E-state index is 5.31. The molecule has 1 aromatic carbocycles. The fourth-order valence-electron chi connectivity index (χ4n) is 0.886. The van der Waals surface area contributed by atoms with E-state index in [1.54, 1.807) is 0 Å². The highest BCUT2D eigenvalue weighted by Gasteiger charge is 2.30. The van der Waals surface area contributed by atoms with Crippen LogP contribution in [0.25, 0.3) is 0 Å². The molecule has 1 aliphatic rings. The topological polar surface area (TPSA) is 15.8 Å². The second-order valence-corrected chi connectivity index (χ2v) is 3.85. The third-order valence-corrected chi connectivity index (χ3v) is 2.37. The minimum absolute atomic E-state index is 0.0231. The molecular formula is C11H16ClNO. The van der Waals surface area contributed by atoms with Gasteiger partial charge in [-0.3, -0.25) is 0 Å². The zero-order valence-electron chi connectivity index (χ0n) is 8.77. The summed E-state index contributed by atoms with van der Waals surface area (Å²) < 4.78 is 4.68. The summed E-state index contributed by atoms with van der Waals surface area (Å²) in [5.41, 5.74) is 1.27. The molecule has 0 aliphatic carbocycles. The molecule has 3 heteroatoms. The van der Waals surface area contributed by atoms with Gasteiger partial charge in [0.05, 0.1) is 6.10 Å². The summed E-state index contributed by atoms with van der Waals surface area (Å²) in [7, 11) is 4.07. The second kappa shape index (κ2) is 5.23. The zero-order chi connectivity index (χ0) is 10.6. The summed E-state index contributed by atoms with van der Waals surface area (Å²) in [5, 5.41) is 0. The second-order valence-electron chi connectivity index (χ2n) is 3.42. The average Bonchev–Trinajstić information content (AvgIpc) is 2.82. The van der Waals surface area contributed by atoms with Gasteiger partial charge >= 0.3 is 0 Å². The minimum Gasteiger partial charge on any atom is -0.378 e. The Labute approximate surface area is 90.4 Å². The minimum atomic E-state index is 0.0231. The van der Waals surface area contributed by atoms with E-state index in [0.717, 1.165) is 0 Å². The SMILES string of the molecule is CC1OC1Cl.CN(C)c1ccccc1. The third kappa shape index (κ3) is 3.99. The molecule has 1 fully saturated rings. The Balaban J connectivity index is 0.000000165. The lowest BCUT2D eigenvalue weighted by molar-refractivity contribution is 0.411. The van der Waals surface area contributed by atoms with Crippen LogP contribution in [0.4, 0.5) is 5.69 Å². The Kier molecular flexibility index (Phi) is 4.23. The van der Waals surface area contributed by atoms with Crippen molar-refractivity contribution in [2.24, 2.45) is 0 Å². The smallest absolute Gasteiger partial charge is 0.157 e. The van der Waals surface area contributed by atoms with Crippen LogP contribution in [0.15, 0.2) is 30.3 Å². The summed E-state index contributed by atoms with van der Waals surface area (Å²) >= 11 is 5.31. The van der Waals surface area contributed by atoms with Crippen molar-refractivity contribution in [3.05, 3.63) is 30.3 Å². The molecule has 2 rings (SSSR count). The van der Waals surface area contributed by atoms with Gasteiger partial charge in [0.2, 0.25) is 0 Å². The molecule has 0 amide bonds. The Morgan fingerprint density at radius 1 is 1.21 bits per heavy atom. The van der Waals surface area contributed by atoms with Crippen molar-refractivity contribution in [1.82, 2.24) is 0 Å². The number of hydrogen-bond acceptors (Lipinski definition) is 2. The van der Waals surface area contributed by atoms with Gasteiger partial charge in [-0.25, -0.2) is 0 Å². The van der Waals surface area contributed by atoms with Crippen LogP contribution in [0.1, 0.15) is 6.92 Å². The van der Waals surface area contributed by atoms with Gasteiger partial charge in [-0.1, -0.05) is 29.8 Å². The molecule has 0 saturated carbocycles. The summed E-state index contributed by atoms with van der Waals surface area (Å²) in [6.07, 6.45) is 0.316. The summed E-state index contributed by atoms with van der Waals surface area (Å²) in [5.74, 6) is 0. The number of hydrogen-bond donors (Lipinski definition) is 0. The highest BCUT2D eigenvalue weighted by atomic mass is 35.5. The fraction of sp³-hybridized carbons (Fsp3) is 0.455. The van der Waals surface area contributed by atoms with Crippen LogP contribution in [0.2, 0.25) is 0 Å². The Morgan fingerprint density at radius 3 is 1.86 bits per heavy atom. The highest BCUT2D eigenvalue weighted by molar-refractivity contribution is 6.21. The monoisotopic (exact) mass is 213 g/mol. The molecule has 1 aromatic rings. The van der Waals surface area contributed by atoms with Crippen molar-refractivity contribution in [3.63, 3.8) is 0 Å². The number of alkyl halides is 1. The first-order valence-electron chi connectivity index (χ1n) is 4.63. The Bertz CT molecular complexity index is 257. The van der Waals surface area contributed by atoms with E-state index in [1.165, 1.54) is 5.69 Å². The van der Waals surface area contributed by atoms with E-state index in [9.17, 15) is 0 Å². The lowest BCUT2D eigenvalue weighted by atomic mass is 10.3. The maximum atomic E-state index is 5.31. The molecule has 0 N–H and O–H groups in total. The van der Waals surface area contributed by atoms with Crippen molar-refractivity contribution in [2.45, 2.75) is 18.6 Å². The van der Waals surface area contributed by atoms with E-state index in [1.807, 2.05) is 39.2 Å². The molecule has 0 bridgehead atoms. The summed E-state index contributed by atoms with van der Waals surface area (Å²) in [4.78, 5) is 2.08. The molecule has 0 radical (unpaired) electrons. The number of anilines is 1. The number of para-hydroxylation sites is 1. The first-order valence-corrected chi connectivity index (χ1v) is 5.07. The van der Waals surface area contributed by atoms with Crippen molar-refractivity contribution in [3.8, 4) is 0 Å². The van der Waals surface area contributed by atoms with Crippen molar-refractivity contribution in [1.29, 1.82) is 0 Å². The lowest BCUT2D eigenvalue weighted by Gasteiger charge is -2.10. The van der Waals surface area contributed by atoms with Crippen molar-refractivity contribution >= 4 is 17.3 Å². The number of benzene rings is 1. The predicted octanol–water partition coefficient (Wildman–Crippen LogP) is 2.72. The number of epoxide rings is 1. The third-order valence-electron chi connectivity index (χ3n) is 1.91. The van der Waals surface area contributed by atoms with Gasteiger partial charge in [-0.15, -0.1) is 0 Å². The van der Waals surface area contributed by atoms with Gasteiger partial charge in [0, 0.05) is 19.8 Å². The van der Waals surface area contributed by atoms with Crippen LogP contribution in [-0.2, 0) is 4.74 Å². The summed E-state index contributed by atoms with van der Waals surface area (Å²) in [6, 6.07) is 10.3. The van der Waals surface area contributed by atoms with Gasteiger partial charge < -0.3 is 9.64 Å². The predicted molar refractivity (Wildman–Crippen MR) is 61.0 cm³/mol. The van der Waals surface area contributed by atoms with Crippen molar-refractivity contribution in [2.75, 3.05) is 19.0 Å². The van der Waals surface area contributed by atoms with E-state index < -0.39 is 0 Å². The molecule has 2 atom stereocenters. The molecule has 2 unspecified atom stereocenters. The highest BCUT2D eigenvalue weighted by Crippen LogP contribution is 2.23. The number of nitrogens with zero attached hydrogens (tertiary/aromatic N) is 1. The van der Waals surface area contributed by atoms with E-state index in [-0.39, 0.29) is 5.56 Å². The largest absolute Gasteiger partial charge is 0.378 e. The van der Waals surface area contributed by atoms with Crippen LogP contribution < -0.4 is 4.90 Å². The standard InChI is InChI=1S/C8H11N.C3H5ClO/c1-9(2)8-6-4-3-5-7-8;1-2-3(4)5-2/h3-7H,1-2H3;2-3H,1H3. The van der Waals surface area contributed by atoms with E-state index >= 15 is 0 Å². The van der Waals surface area contributed by atoms with Gasteiger partial charge in [0.1, 0.15) is 0 Å². The van der Waals surface area contributed by atoms with Gasteiger partial charge in [-0.05, 0) is 19.1 Å². The quantitative estimate of drug-likeness (QED) is 0.527. The number of rotatable bonds is 1. The lowest BCUT2D eigenvalue weighted by Crippen LogP contribution is -2.07. The van der Waals surface area contributed by atoms with Crippen LogP contribution in [0.5, 0.6) is 0 Å². The molecule has 2 nitrogen and oxygen atoms in total. The number of ether oxygens (including phenoxy) is 1. The first-order chi connectivity index (χ1) is 6.61.